The molecule has 1 N–H and O–H groups in total. The van der Waals surface area contributed by atoms with E-state index in [9.17, 15) is 13.2 Å². The zero-order valence-corrected chi connectivity index (χ0v) is 15.3. The first kappa shape index (κ1) is 18.4. The lowest BCUT2D eigenvalue weighted by Gasteiger charge is -2.15. The summed E-state index contributed by atoms with van der Waals surface area (Å²) in [6, 6.07) is 0. The van der Waals surface area contributed by atoms with Crippen LogP contribution in [0.3, 0.4) is 0 Å². The van der Waals surface area contributed by atoms with Crippen LogP contribution in [-0.2, 0) is 23.8 Å². The molecule has 1 aromatic heterocycles. The van der Waals surface area contributed by atoms with Crippen LogP contribution in [0.1, 0.15) is 50.8 Å². The standard InChI is InChI=1S/C16H22F3N3O2S/c1-15(2)8-12(21-24-15)25-9-11-13(16(17,18)19)20-22(3)14(11)23-10-6-4-5-7-10/h8,10,21H,4-7,9H2,1-3H3. The Hall–Kier alpha value is -1.35. The van der Waals surface area contributed by atoms with Gasteiger partial charge in [-0.05, 0) is 45.6 Å². The number of aromatic nitrogens is 2. The summed E-state index contributed by atoms with van der Waals surface area (Å²) in [6.07, 6.45) is 1.12. The van der Waals surface area contributed by atoms with Crippen molar-refractivity contribution in [1.29, 1.82) is 0 Å². The number of hydrogen-bond donors (Lipinski definition) is 1. The molecule has 3 rings (SSSR count). The molecule has 1 saturated carbocycles. The minimum Gasteiger partial charge on any atom is -0.474 e. The van der Waals surface area contributed by atoms with Crippen molar-refractivity contribution in [3.63, 3.8) is 0 Å². The lowest BCUT2D eigenvalue weighted by molar-refractivity contribution is -0.141. The lowest BCUT2D eigenvalue weighted by Crippen LogP contribution is -2.20. The number of rotatable bonds is 5. The van der Waals surface area contributed by atoms with E-state index in [1.807, 2.05) is 19.9 Å². The van der Waals surface area contributed by atoms with E-state index in [1.54, 1.807) is 0 Å². The highest BCUT2D eigenvalue weighted by Crippen LogP contribution is 2.40. The summed E-state index contributed by atoms with van der Waals surface area (Å²) >= 11 is 1.25. The van der Waals surface area contributed by atoms with E-state index in [0.29, 0.717) is 5.03 Å². The van der Waals surface area contributed by atoms with Crippen LogP contribution in [0, 0.1) is 0 Å². The molecular weight excluding hydrogens is 355 g/mol. The van der Waals surface area contributed by atoms with E-state index in [2.05, 4.69) is 10.6 Å². The van der Waals surface area contributed by atoms with Gasteiger partial charge in [0.25, 0.3) is 0 Å². The molecule has 25 heavy (non-hydrogen) atoms. The SMILES string of the molecule is Cn1nc(C(F)(F)F)c(CSC2=CC(C)(C)ON2)c1OC1CCCC1. The number of nitrogens with one attached hydrogen (secondary N) is 1. The molecule has 2 heterocycles. The van der Waals surface area contributed by atoms with E-state index in [4.69, 9.17) is 9.57 Å². The van der Waals surface area contributed by atoms with E-state index >= 15 is 0 Å². The predicted octanol–water partition coefficient (Wildman–Crippen LogP) is 4.15. The Balaban J connectivity index is 1.83. The number of halogens is 3. The second-order valence-corrected chi connectivity index (χ2v) is 7.90. The Morgan fingerprint density at radius 2 is 2.08 bits per heavy atom. The van der Waals surface area contributed by atoms with Crippen molar-refractivity contribution >= 4 is 11.8 Å². The summed E-state index contributed by atoms with van der Waals surface area (Å²) in [5.74, 6) is 0.314. The summed E-state index contributed by atoms with van der Waals surface area (Å²) in [6.45, 7) is 3.74. The Morgan fingerprint density at radius 3 is 2.64 bits per heavy atom. The van der Waals surface area contributed by atoms with E-state index in [0.717, 1.165) is 25.7 Å². The van der Waals surface area contributed by atoms with Gasteiger partial charge in [0.1, 0.15) is 11.7 Å². The topological polar surface area (TPSA) is 48.3 Å². The van der Waals surface area contributed by atoms with Crippen LogP contribution in [0.4, 0.5) is 13.2 Å². The number of thioether (sulfide) groups is 1. The molecule has 5 nitrogen and oxygen atoms in total. The molecule has 1 aromatic rings. The van der Waals surface area contributed by atoms with E-state index in [1.165, 1.54) is 23.5 Å². The Morgan fingerprint density at radius 1 is 1.40 bits per heavy atom. The summed E-state index contributed by atoms with van der Waals surface area (Å²) in [4.78, 5) is 5.34. The van der Waals surface area contributed by atoms with Crippen LogP contribution in [0.25, 0.3) is 0 Å². The van der Waals surface area contributed by atoms with Gasteiger partial charge in [-0.3, -0.25) is 10.3 Å². The molecule has 0 amide bonds. The molecule has 140 valence electrons. The van der Waals surface area contributed by atoms with Crippen molar-refractivity contribution < 1.29 is 22.7 Å². The van der Waals surface area contributed by atoms with Gasteiger partial charge in [0.05, 0.1) is 10.6 Å². The van der Waals surface area contributed by atoms with Gasteiger partial charge < -0.3 is 4.74 Å². The van der Waals surface area contributed by atoms with Crippen LogP contribution in [-0.4, -0.2) is 21.5 Å². The van der Waals surface area contributed by atoms with E-state index in [-0.39, 0.29) is 23.3 Å². The normalized spacial score (nSPS) is 20.6. The molecule has 0 aromatic carbocycles. The Bertz CT molecular complexity index is 664. The molecule has 0 spiro atoms. The molecular formula is C16H22F3N3O2S. The second kappa shape index (κ2) is 6.75. The van der Waals surface area contributed by atoms with Gasteiger partial charge >= 0.3 is 6.18 Å². The lowest BCUT2D eigenvalue weighted by atomic mass is 10.1. The van der Waals surface area contributed by atoms with Gasteiger partial charge in [0, 0.05) is 12.8 Å². The molecule has 1 aliphatic carbocycles. The zero-order chi connectivity index (χ0) is 18.2. The highest BCUT2D eigenvalue weighted by Gasteiger charge is 2.40. The number of aryl methyl sites for hydroxylation is 1. The molecule has 1 aliphatic heterocycles. The molecule has 0 bridgehead atoms. The molecule has 0 saturated heterocycles. The quantitative estimate of drug-likeness (QED) is 0.835. The van der Waals surface area contributed by atoms with Gasteiger partial charge in [-0.25, -0.2) is 4.68 Å². The summed E-state index contributed by atoms with van der Waals surface area (Å²) in [7, 11) is 1.49. The van der Waals surface area contributed by atoms with Gasteiger partial charge in [0.2, 0.25) is 5.88 Å². The van der Waals surface area contributed by atoms with Crippen molar-refractivity contribution in [2.24, 2.45) is 7.05 Å². The number of nitrogens with zero attached hydrogens (tertiary/aromatic N) is 2. The molecule has 0 unspecified atom stereocenters. The van der Waals surface area contributed by atoms with Crippen LogP contribution in [0.2, 0.25) is 0 Å². The fourth-order valence-electron chi connectivity index (χ4n) is 3.00. The molecule has 0 atom stereocenters. The maximum Gasteiger partial charge on any atom is 0.435 e. The second-order valence-electron chi connectivity index (χ2n) is 6.88. The van der Waals surface area contributed by atoms with Gasteiger partial charge in [-0.15, -0.1) is 11.8 Å². The number of alkyl halides is 3. The molecule has 0 radical (unpaired) electrons. The third-order valence-electron chi connectivity index (χ3n) is 4.20. The Kier molecular flexibility index (Phi) is 4.98. The number of hydroxylamine groups is 1. The largest absolute Gasteiger partial charge is 0.474 e. The third-order valence-corrected chi connectivity index (χ3v) is 5.15. The summed E-state index contributed by atoms with van der Waals surface area (Å²) in [5.41, 5.74) is 1.47. The third kappa shape index (κ3) is 4.25. The number of ether oxygens (including phenoxy) is 1. The molecule has 2 aliphatic rings. The summed E-state index contributed by atoms with van der Waals surface area (Å²) in [5, 5.41) is 4.37. The minimum absolute atomic E-state index is 0.0358. The fraction of sp³-hybridized carbons (Fsp3) is 0.688. The summed E-state index contributed by atoms with van der Waals surface area (Å²) < 4.78 is 47.2. The van der Waals surface area contributed by atoms with Gasteiger partial charge in [-0.2, -0.15) is 18.3 Å². The van der Waals surface area contributed by atoms with Crippen molar-refractivity contribution in [2.45, 2.75) is 63.2 Å². The van der Waals surface area contributed by atoms with Crippen LogP contribution in [0.15, 0.2) is 11.1 Å². The zero-order valence-electron chi connectivity index (χ0n) is 14.4. The highest BCUT2D eigenvalue weighted by molar-refractivity contribution is 8.02. The predicted molar refractivity (Wildman–Crippen MR) is 88.8 cm³/mol. The first-order chi connectivity index (χ1) is 11.7. The first-order valence-corrected chi connectivity index (χ1v) is 9.24. The maximum atomic E-state index is 13.4. The van der Waals surface area contributed by atoms with Gasteiger partial charge in [-0.1, -0.05) is 0 Å². The van der Waals surface area contributed by atoms with Crippen molar-refractivity contribution in [1.82, 2.24) is 15.3 Å². The fourth-order valence-corrected chi connectivity index (χ4v) is 4.03. The smallest absolute Gasteiger partial charge is 0.435 e. The van der Waals surface area contributed by atoms with Crippen molar-refractivity contribution in [2.75, 3.05) is 0 Å². The maximum absolute atomic E-state index is 13.4. The average Bonchev–Trinajstić information content (AvgIpc) is 3.19. The Labute approximate surface area is 148 Å². The van der Waals surface area contributed by atoms with Crippen LogP contribution < -0.4 is 10.2 Å². The average molecular weight is 377 g/mol. The minimum atomic E-state index is -4.52. The first-order valence-electron chi connectivity index (χ1n) is 8.25. The van der Waals surface area contributed by atoms with Gasteiger partial charge in [0.15, 0.2) is 5.69 Å². The van der Waals surface area contributed by atoms with Crippen molar-refractivity contribution in [3.8, 4) is 5.88 Å². The molecule has 1 fully saturated rings. The molecule has 9 heteroatoms. The highest BCUT2D eigenvalue weighted by atomic mass is 32.2. The van der Waals surface area contributed by atoms with E-state index < -0.39 is 17.5 Å². The van der Waals surface area contributed by atoms with Crippen molar-refractivity contribution in [3.05, 3.63) is 22.4 Å². The monoisotopic (exact) mass is 377 g/mol. The number of hydrogen-bond acceptors (Lipinski definition) is 5. The van der Waals surface area contributed by atoms with Crippen LogP contribution in [0.5, 0.6) is 5.88 Å². The van der Waals surface area contributed by atoms with Crippen LogP contribution >= 0.6 is 11.8 Å².